The molecule has 1 aromatic carbocycles. The summed E-state index contributed by atoms with van der Waals surface area (Å²) in [5, 5.41) is 19.4. The number of aliphatic carboxylic acids is 2. The average Bonchev–Trinajstić information content (AvgIpc) is 2.37. The molecular weight excluding hydrogens is 320 g/mol. The third-order valence-corrected chi connectivity index (χ3v) is 4.02. The highest BCUT2D eigenvalue weighted by molar-refractivity contribution is 5.81. The van der Waals surface area contributed by atoms with Crippen LogP contribution in [0.4, 0.5) is 0 Å². The molecule has 140 valence electrons. The maximum absolute atomic E-state index is 11.9. The fraction of sp³-hybridized carbons (Fsp3) is 0.600. The van der Waals surface area contributed by atoms with Crippen molar-refractivity contribution in [3.05, 3.63) is 29.3 Å². The number of hydrogen-bond donors (Lipinski definition) is 2. The zero-order valence-corrected chi connectivity index (χ0v) is 16.2. The van der Waals surface area contributed by atoms with Crippen molar-refractivity contribution >= 4 is 11.9 Å². The van der Waals surface area contributed by atoms with Gasteiger partial charge >= 0.3 is 11.9 Å². The highest BCUT2D eigenvalue weighted by Crippen LogP contribution is 2.37. The molecule has 25 heavy (non-hydrogen) atoms. The van der Waals surface area contributed by atoms with Gasteiger partial charge in [-0.05, 0) is 55.9 Å². The fourth-order valence-corrected chi connectivity index (χ4v) is 3.08. The summed E-state index contributed by atoms with van der Waals surface area (Å²) in [5.74, 6) is -3.26. The van der Waals surface area contributed by atoms with E-state index in [1.54, 1.807) is 18.2 Å². The summed E-state index contributed by atoms with van der Waals surface area (Å²) < 4.78 is 5.87. The maximum Gasteiger partial charge on any atom is 0.311 e. The number of carboxylic acid groups (broad SMARTS) is 2. The van der Waals surface area contributed by atoms with E-state index in [-0.39, 0.29) is 11.8 Å². The SMILES string of the molecule is CC(C)C(C(=O)O)c1ccc(OC(C)(C)C)cc1C(C(=O)O)C(C)C. The molecule has 1 rings (SSSR count). The van der Waals surface area contributed by atoms with Gasteiger partial charge in [0.05, 0.1) is 11.8 Å². The van der Waals surface area contributed by atoms with Crippen LogP contribution in [0.25, 0.3) is 0 Å². The zero-order chi connectivity index (χ0) is 19.5. The molecule has 0 radical (unpaired) electrons. The molecule has 0 bridgehead atoms. The Morgan fingerprint density at radius 3 is 1.68 bits per heavy atom. The van der Waals surface area contributed by atoms with E-state index in [0.29, 0.717) is 16.9 Å². The maximum atomic E-state index is 11.9. The van der Waals surface area contributed by atoms with Gasteiger partial charge in [0.25, 0.3) is 0 Å². The van der Waals surface area contributed by atoms with Gasteiger partial charge in [-0.2, -0.15) is 0 Å². The molecule has 0 aromatic heterocycles. The van der Waals surface area contributed by atoms with Gasteiger partial charge in [0.2, 0.25) is 0 Å². The lowest BCUT2D eigenvalue weighted by Crippen LogP contribution is -2.26. The van der Waals surface area contributed by atoms with E-state index < -0.39 is 29.4 Å². The molecule has 2 N–H and O–H groups in total. The van der Waals surface area contributed by atoms with Gasteiger partial charge in [0.1, 0.15) is 11.4 Å². The van der Waals surface area contributed by atoms with Crippen molar-refractivity contribution in [3.63, 3.8) is 0 Å². The third-order valence-electron chi connectivity index (χ3n) is 4.02. The molecular formula is C20H30O5. The Kier molecular flexibility index (Phi) is 6.63. The fourth-order valence-electron chi connectivity index (χ4n) is 3.08. The van der Waals surface area contributed by atoms with Gasteiger partial charge < -0.3 is 14.9 Å². The lowest BCUT2D eigenvalue weighted by atomic mass is 9.78. The van der Waals surface area contributed by atoms with E-state index in [9.17, 15) is 19.8 Å². The van der Waals surface area contributed by atoms with Gasteiger partial charge in [0.15, 0.2) is 0 Å². The lowest BCUT2D eigenvalue weighted by Gasteiger charge is -2.27. The van der Waals surface area contributed by atoms with E-state index >= 15 is 0 Å². The zero-order valence-electron chi connectivity index (χ0n) is 16.2. The van der Waals surface area contributed by atoms with Gasteiger partial charge in [-0.1, -0.05) is 33.8 Å². The molecule has 0 aliphatic heterocycles. The summed E-state index contributed by atoms with van der Waals surface area (Å²) >= 11 is 0. The Morgan fingerprint density at radius 2 is 1.32 bits per heavy atom. The molecule has 0 amide bonds. The molecule has 0 spiro atoms. The largest absolute Gasteiger partial charge is 0.488 e. The predicted octanol–water partition coefficient (Wildman–Crippen LogP) is 4.51. The van der Waals surface area contributed by atoms with Crippen molar-refractivity contribution in [1.29, 1.82) is 0 Å². The second-order valence-electron chi connectivity index (χ2n) is 8.13. The molecule has 2 unspecified atom stereocenters. The van der Waals surface area contributed by atoms with Crippen LogP contribution in [0.5, 0.6) is 5.75 Å². The normalized spacial score (nSPS) is 14.4. The highest BCUT2D eigenvalue weighted by atomic mass is 16.5. The highest BCUT2D eigenvalue weighted by Gasteiger charge is 2.33. The molecule has 0 fully saturated rings. The Labute approximate surface area is 150 Å². The molecule has 0 saturated heterocycles. The van der Waals surface area contributed by atoms with Crippen LogP contribution < -0.4 is 4.74 Å². The van der Waals surface area contributed by atoms with E-state index in [4.69, 9.17) is 4.74 Å². The smallest absolute Gasteiger partial charge is 0.311 e. The van der Waals surface area contributed by atoms with Gasteiger partial charge in [-0.25, -0.2) is 0 Å². The second-order valence-corrected chi connectivity index (χ2v) is 8.13. The first-order valence-corrected chi connectivity index (χ1v) is 8.63. The van der Waals surface area contributed by atoms with Crippen LogP contribution in [-0.2, 0) is 9.59 Å². The minimum Gasteiger partial charge on any atom is -0.488 e. The Morgan fingerprint density at radius 1 is 0.880 bits per heavy atom. The van der Waals surface area contributed by atoms with E-state index in [1.165, 1.54) is 0 Å². The monoisotopic (exact) mass is 350 g/mol. The molecule has 1 aromatic rings. The van der Waals surface area contributed by atoms with Crippen molar-refractivity contribution in [2.75, 3.05) is 0 Å². The average molecular weight is 350 g/mol. The van der Waals surface area contributed by atoms with E-state index in [1.807, 2.05) is 48.5 Å². The number of rotatable bonds is 7. The molecule has 0 heterocycles. The van der Waals surface area contributed by atoms with Crippen molar-refractivity contribution in [2.45, 2.75) is 65.9 Å². The Balaban J connectivity index is 3.60. The minimum absolute atomic E-state index is 0.160. The van der Waals surface area contributed by atoms with Crippen molar-refractivity contribution in [3.8, 4) is 5.75 Å². The number of hydrogen-bond acceptors (Lipinski definition) is 3. The van der Waals surface area contributed by atoms with Crippen LogP contribution in [0, 0.1) is 11.8 Å². The summed E-state index contributed by atoms with van der Waals surface area (Å²) in [7, 11) is 0. The summed E-state index contributed by atoms with van der Waals surface area (Å²) in [6.45, 7) is 13.0. The van der Waals surface area contributed by atoms with Gasteiger partial charge in [-0.15, -0.1) is 0 Å². The van der Waals surface area contributed by atoms with Crippen LogP contribution in [-0.4, -0.2) is 27.8 Å². The van der Waals surface area contributed by atoms with Crippen LogP contribution >= 0.6 is 0 Å². The summed E-state index contributed by atoms with van der Waals surface area (Å²) in [6, 6.07) is 5.12. The molecule has 0 saturated carbocycles. The molecule has 2 atom stereocenters. The Hall–Kier alpha value is -2.04. The van der Waals surface area contributed by atoms with Crippen LogP contribution in [0.1, 0.15) is 71.4 Å². The standard InChI is InChI=1S/C20H30O5/c1-11(2)16(18(21)22)14-9-8-13(25-20(5,6)7)10-15(14)17(12(3)4)19(23)24/h8-12,16-17H,1-7H3,(H,21,22)(H,23,24). The number of carboxylic acids is 2. The summed E-state index contributed by atoms with van der Waals surface area (Å²) in [6.07, 6.45) is 0. The minimum atomic E-state index is -0.961. The molecule has 5 nitrogen and oxygen atoms in total. The van der Waals surface area contributed by atoms with E-state index in [2.05, 4.69) is 0 Å². The van der Waals surface area contributed by atoms with Crippen molar-refractivity contribution in [1.82, 2.24) is 0 Å². The topological polar surface area (TPSA) is 83.8 Å². The van der Waals surface area contributed by atoms with Crippen LogP contribution in [0.15, 0.2) is 18.2 Å². The summed E-state index contributed by atoms with van der Waals surface area (Å²) in [4.78, 5) is 23.7. The quantitative estimate of drug-likeness (QED) is 0.756. The first-order chi connectivity index (χ1) is 11.3. The number of carbonyl (C=O) groups is 2. The lowest BCUT2D eigenvalue weighted by molar-refractivity contribution is -0.141. The predicted molar refractivity (Wildman–Crippen MR) is 97.3 cm³/mol. The van der Waals surface area contributed by atoms with E-state index in [0.717, 1.165) is 0 Å². The molecule has 0 aliphatic carbocycles. The summed E-state index contributed by atoms with van der Waals surface area (Å²) in [5.41, 5.74) is 0.634. The Bertz CT molecular complexity index is 625. The first kappa shape index (κ1) is 21.0. The van der Waals surface area contributed by atoms with Crippen molar-refractivity contribution in [2.24, 2.45) is 11.8 Å². The molecule has 5 heteroatoms. The van der Waals surface area contributed by atoms with Gasteiger partial charge in [-0.3, -0.25) is 9.59 Å². The van der Waals surface area contributed by atoms with Gasteiger partial charge in [0, 0.05) is 0 Å². The third kappa shape index (κ3) is 5.48. The second kappa shape index (κ2) is 7.89. The molecule has 0 aliphatic rings. The van der Waals surface area contributed by atoms with Crippen LogP contribution in [0.2, 0.25) is 0 Å². The first-order valence-electron chi connectivity index (χ1n) is 8.63. The number of benzene rings is 1. The van der Waals surface area contributed by atoms with Crippen molar-refractivity contribution < 1.29 is 24.5 Å². The van der Waals surface area contributed by atoms with Crippen LogP contribution in [0.3, 0.4) is 0 Å². The number of ether oxygens (including phenoxy) is 1.